The Morgan fingerprint density at radius 1 is 1.20 bits per heavy atom. The Kier molecular flexibility index (Phi) is 31.5. The zero-order valence-corrected chi connectivity index (χ0v) is 12.8. The van der Waals surface area contributed by atoms with E-state index in [-0.39, 0.29) is 23.5 Å². The van der Waals surface area contributed by atoms with Crippen molar-refractivity contribution in [3.8, 4) is 0 Å². The van der Waals surface area contributed by atoms with Crippen molar-refractivity contribution in [3.05, 3.63) is 67.5 Å². The molecule has 0 fully saturated rings. The zero-order chi connectivity index (χ0) is 15.7. The summed E-state index contributed by atoms with van der Waals surface area (Å²) in [6.45, 7) is 17.2. The standard InChI is InChI=1S/C11H13ClO.3CO.Cr/c1-3-6-11(13-2)9-7-4-5-8-10(9)12;3*1-2;/h3-5,7-8,11H,1,6H2,2H3;;;;/t11-;;;;/m0..../s1. The van der Waals surface area contributed by atoms with Crippen molar-refractivity contribution in [2.24, 2.45) is 0 Å². The van der Waals surface area contributed by atoms with Crippen LogP contribution in [-0.2, 0) is 36.1 Å². The molecule has 0 aliphatic carbocycles. The van der Waals surface area contributed by atoms with E-state index in [9.17, 15) is 0 Å². The van der Waals surface area contributed by atoms with Gasteiger partial charge in [-0.05, 0) is 18.1 Å². The molecule has 0 spiro atoms. The van der Waals surface area contributed by atoms with Gasteiger partial charge in [-0.2, -0.15) is 0 Å². The van der Waals surface area contributed by atoms with Crippen LogP contribution in [0.1, 0.15) is 18.1 Å². The molecule has 0 aromatic heterocycles. The van der Waals surface area contributed by atoms with Gasteiger partial charge in [0, 0.05) is 29.5 Å². The molecule has 0 saturated carbocycles. The van der Waals surface area contributed by atoms with E-state index in [0.717, 1.165) is 17.0 Å². The van der Waals surface area contributed by atoms with Gasteiger partial charge in [-0.15, -0.1) is 6.58 Å². The molecule has 1 aromatic rings. The summed E-state index contributed by atoms with van der Waals surface area (Å²) in [5.74, 6) is 0. The molecule has 0 saturated heterocycles. The van der Waals surface area contributed by atoms with Crippen molar-refractivity contribution in [2.45, 2.75) is 12.5 Å². The predicted octanol–water partition coefficient (Wildman–Crippen LogP) is 3.49. The van der Waals surface area contributed by atoms with Crippen LogP contribution in [0.4, 0.5) is 0 Å². The maximum atomic E-state index is 7.50. The normalized spacial score (nSPS) is 8.40. The minimum Gasteiger partial charge on any atom is 0 e. The molecule has 0 N–H and O–H groups in total. The van der Waals surface area contributed by atoms with Crippen LogP contribution in [0.3, 0.4) is 0 Å². The fourth-order valence-corrected chi connectivity index (χ4v) is 1.50. The summed E-state index contributed by atoms with van der Waals surface area (Å²) < 4.78 is 27.8. The summed E-state index contributed by atoms with van der Waals surface area (Å²) >= 11 is 6.02. The molecular weight excluding hydrogens is 320 g/mol. The first-order valence-corrected chi connectivity index (χ1v) is 5.16. The van der Waals surface area contributed by atoms with Crippen molar-refractivity contribution < 1.29 is 36.1 Å². The molecule has 1 rings (SSSR count). The maximum Gasteiger partial charge on any atom is 0 e. The molecular formula is C14H13ClCrO4. The van der Waals surface area contributed by atoms with Crippen molar-refractivity contribution in [3.63, 3.8) is 0 Å². The van der Waals surface area contributed by atoms with Crippen molar-refractivity contribution in [2.75, 3.05) is 7.11 Å². The molecule has 106 valence electrons. The number of hydrogen-bond acceptors (Lipinski definition) is 1. The van der Waals surface area contributed by atoms with E-state index in [4.69, 9.17) is 30.3 Å². The fraction of sp³-hybridized carbons (Fsp3) is 0.214. The van der Waals surface area contributed by atoms with Crippen LogP contribution in [0.15, 0.2) is 36.9 Å². The average molecular weight is 333 g/mol. The molecule has 1 atom stereocenters. The van der Waals surface area contributed by atoms with Crippen LogP contribution in [-0.4, -0.2) is 7.11 Å². The van der Waals surface area contributed by atoms with Crippen LogP contribution < -0.4 is 0 Å². The molecule has 0 aliphatic rings. The first kappa shape index (κ1) is 27.3. The number of benzene rings is 1. The monoisotopic (exact) mass is 332 g/mol. The Morgan fingerprint density at radius 3 is 2.00 bits per heavy atom. The molecule has 0 aliphatic heterocycles. The minimum absolute atomic E-state index is 0. The summed E-state index contributed by atoms with van der Waals surface area (Å²) in [5.41, 5.74) is 1.02. The summed E-state index contributed by atoms with van der Waals surface area (Å²) in [4.78, 5) is 0. The summed E-state index contributed by atoms with van der Waals surface area (Å²) in [6.07, 6.45) is 2.63. The summed E-state index contributed by atoms with van der Waals surface area (Å²) in [5, 5.41) is 0.746. The van der Waals surface area contributed by atoms with E-state index in [1.807, 2.05) is 30.3 Å². The molecule has 0 bridgehead atoms. The Labute approximate surface area is 135 Å². The zero-order valence-electron chi connectivity index (χ0n) is 10.8. The van der Waals surface area contributed by atoms with E-state index in [1.165, 1.54) is 0 Å². The third-order valence-electron chi connectivity index (χ3n) is 1.92. The second-order valence-corrected chi connectivity index (χ2v) is 3.18. The second kappa shape index (κ2) is 23.1. The van der Waals surface area contributed by atoms with Gasteiger partial charge in [0.05, 0.1) is 6.10 Å². The fourth-order valence-electron chi connectivity index (χ4n) is 1.24. The molecule has 0 unspecified atom stereocenters. The molecule has 0 amide bonds. The van der Waals surface area contributed by atoms with Crippen LogP contribution in [0.5, 0.6) is 0 Å². The largest absolute Gasteiger partial charge is 0 e. The molecule has 4 nitrogen and oxygen atoms in total. The first-order valence-electron chi connectivity index (χ1n) is 4.79. The van der Waals surface area contributed by atoms with Gasteiger partial charge in [-0.3, -0.25) is 0 Å². The summed E-state index contributed by atoms with van der Waals surface area (Å²) in [6, 6.07) is 7.70. The van der Waals surface area contributed by atoms with Gasteiger partial charge in [0.1, 0.15) is 0 Å². The molecule has 20 heavy (non-hydrogen) atoms. The van der Waals surface area contributed by atoms with E-state index in [0.29, 0.717) is 0 Å². The third kappa shape index (κ3) is 12.0. The van der Waals surface area contributed by atoms with Gasteiger partial charge < -0.3 is 4.74 Å². The van der Waals surface area contributed by atoms with Gasteiger partial charge in [-0.25, -0.2) is 0 Å². The van der Waals surface area contributed by atoms with Gasteiger partial charge in [-0.1, -0.05) is 35.9 Å². The van der Waals surface area contributed by atoms with Crippen LogP contribution in [0.2, 0.25) is 5.02 Å². The Hall–Kier alpha value is -1.04. The smallest absolute Gasteiger partial charge is 0 e. The van der Waals surface area contributed by atoms with Crippen LogP contribution in [0.25, 0.3) is 0 Å². The van der Waals surface area contributed by atoms with Gasteiger partial charge in [0.15, 0.2) is 0 Å². The number of ether oxygens (including phenoxy) is 1. The molecule has 0 radical (unpaired) electrons. The van der Waals surface area contributed by atoms with Crippen molar-refractivity contribution in [1.29, 1.82) is 0 Å². The minimum atomic E-state index is 0. The summed E-state index contributed by atoms with van der Waals surface area (Å²) in [7, 11) is 1.68. The second-order valence-electron chi connectivity index (χ2n) is 2.77. The Morgan fingerprint density at radius 2 is 1.65 bits per heavy atom. The SMILES string of the molecule is C=CC[C@H](OC)c1ccccc1Cl.[C-]#[O+].[C-]#[O+].[C-]#[O+].[Cr]. The number of methoxy groups -OCH3 is 1. The van der Waals surface area contributed by atoms with Crippen LogP contribution in [0, 0.1) is 20.0 Å². The Bertz CT molecular complexity index is 387. The maximum absolute atomic E-state index is 7.50. The molecule has 0 heterocycles. The van der Waals surface area contributed by atoms with E-state index in [1.54, 1.807) is 7.11 Å². The average Bonchev–Trinajstić information content (AvgIpc) is 2.52. The van der Waals surface area contributed by atoms with Gasteiger partial charge in [0.25, 0.3) is 0 Å². The van der Waals surface area contributed by atoms with E-state index < -0.39 is 0 Å². The van der Waals surface area contributed by atoms with Crippen LogP contribution >= 0.6 is 11.6 Å². The predicted molar refractivity (Wildman–Crippen MR) is 67.8 cm³/mol. The van der Waals surface area contributed by atoms with Gasteiger partial charge >= 0.3 is 33.9 Å². The number of rotatable bonds is 4. The van der Waals surface area contributed by atoms with Crippen molar-refractivity contribution >= 4 is 11.6 Å². The number of hydrogen-bond donors (Lipinski definition) is 0. The van der Waals surface area contributed by atoms with E-state index in [2.05, 4.69) is 26.5 Å². The molecule has 1 aromatic carbocycles. The quantitative estimate of drug-likeness (QED) is 0.472. The van der Waals surface area contributed by atoms with Crippen molar-refractivity contribution in [1.82, 2.24) is 0 Å². The molecule has 6 heteroatoms. The topological polar surface area (TPSA) is 68.9 Å². The Balaban J connectivity index is -0.000000162. The number of halogens is 1. The first-order chi connectivity index (χ1) is 9.29. The van der Waals surface area contributed by atoms with E-state index >= 15 is 0 Å². The third-order valence-corrected chi connectivity index (χ3v) is 2.26. The van der Waals surface area contributed by atoms with Gasteiger partial charge in [0.2, 0.25) is 0 Å².